The van der Waals surface area contributed by atoms with Crippen molar-refractivity contribution in [3.63, 3.8) is 0 Å². The van der Waals surface area contributed by atoms with Crippen LogP contribution >= 0.6 is 0 Å². The van der Waals surface area contributed by atoms with Crippen molar-refractivity contribution >= 4 is 0 Å². The maximum atomic E-state index is 8.71. The Morgan fingerprint density at radius 1 is 1.45 bits per heavy atom. The van der Waals surface area contributed by atoms with E-state index in [9.17, 15) is 0 Å². The third-order valence-electron chi connectivity index (χ3n) is 1.55. The number of ether oxygens (including phenoxy) is 1. The molecule has 1 aromatic heterocycles. The molecule has 0 bridgehead atoms. The smallest absolute Gasteiger partial charge is 0.0830 e. The molecule has 3 heteroatoms. The predicted molar refractivity (Wildman–Crippen MR) is 42.3 cm³/mol. The lowest BCUT2D eigenvalue weighted by Crippen LogP contribution is -1.94. The second-order valence-corrected chi connectivity index (χ2v) is 2.41. The van der Waals surface area contributed by atoms with Crippen LogP contribution in [0.3, 0.4) is 0 Å². The Balaban J connectivity index is 2.44. The normalized spacial score (nSPS) is 10.4. The maximum Gasteiger partial charge on any atom is 0.0830 e. The van der Waals surface area contributed by atoms with Gasteiger partial charge < -0.3 is 14.8 Å². The van der Waals surface area contributed by atoms with E-state index in [0.717, 1.165) is 17.8 Å². The van der Waals surface area contributed by atoms with Gasteiger partial charge in [0.05, 0.1) is 13.2 Å². The van der Waals surface area contributed by atoms with E-state index in [1.54, 1.807) is 7.11 Å². The van der Waals surface area contributed by atoms with Gasteiger partial charge in [0.15, 0.2) is 0 Å². The van der Waals surface area contributed by atoms with Crippen LogP contribution in [0.5, 0.6) is 0 Å². The summed E-state index contributed by atoms with van der Waals surface area (Å²) < 4.78 is 4.91. The molecular weight excluding hydrogens is 142 g/mol. The molecule has 1 rings (SSSR count). The first-order valence-electron chi connectivity index (χ1n) is 3.63. The van der Waals surface area contributed by atoms with Crippen molar-refractivity contribution in [1.29, 1.82) is 0 Å². The van der Waals surface area contributed by atoms with E-state index in [4.69, 9.17) is 9.84 Å². The first-order chi connectivity index (χ1) is 5.36. The Bertz CT molecular complexity index is 208. The lowest BCUT2D eigenvalue weighted by Gasteiger charge is -1.95. The van der Waals surface area contributed by atoms with Crippen molar-refractivity contribution in [1.82, 2.24) is 4.98 Å². The Labute approximate surface area is 66.0 Å². The highest BCUT2D eigenvalue weighted by molar-refractivity contribution is 5.12. The van der Waals surface area contributed by atoms with Crippen molar-refractivity contribution in [2.24, 2.45) is 0 Å². The van der Waals surface area contributed by atoms with Crippen LogP contribution in [0.2, 0.25) is 0 Å². The number of aromatic amines is 1. The van der Waals surface area contributed by atoms with Gasteiger partial charge in [-0.15, -0.1) is 0 Å². The molecule has 0 fully saturated rings. The molecule has 0 radical (unpaired) electrons. The first-order valence-corrected chi connectivity index (χ1v) is 3.63. The van der Waals surface area contributed by atoms with E-state index in [1.165, 1.54) is 0 Å². The van der Waals surface area contributed by atoms with Gasteiger partial charge in [0, 0.05) is 24.9 Å². The van der Waals surface area contributed by atoms with E-state index in [-0.39, 0.29) is 6.61 Å². The fraction of sp³-hybridized carbons (Fsp3) is 0.500. The number of aromatic nitrogens is 1. The monoisotopic (exact) mass is 155 g/mol. The summed E-state index contributed by atoms with van der Waals surface area (Å²) in [6, 6.07) is 3.84. The lowest BCUT2D eigenvalue weighted by molar-refractivity contribution is 0.201. The SMILES string of the molecule is COCCc1ccc(CO)[nH]1. The van der Waals surface area contributed by atoms with Gasteiger partial charge in [-0.25, -0.2) is 0 Å². The Morgan fingerprint density at radius 2 is 2.18 bits per heavy atom. The highest BCUT2D eigenvalue weighted by atomic mass is 16.5. The van der Waals surface area contributed by atoms with E-state index < -0.39 is 0 Å². The highest BCUT2D eigenvalue weighted by Gasteiger charge is 1.95. The van der Waals surface area contributed by atoms with E-state index in [0.29, 0.717) is 6.61 Å². The van der Waals surface area contributed by atoms with Gasteiger partial charge in [0.2, 0.25) is 0 Å². The summed E-state index contributed by atoms with van der Waals surface area (Å²) in [5.74, 6) is 0. The Morgan fingerprint density at radius 3 is 2.73 bits per heavy atom. The second-order valence-electron chi connectivity index (χ2n) is 2.41. The first kappa shape index (κ1) is 8.30. The average molecular weight is 155 g/mol. The molecule has 1 heterocycles. The number of nitrogens with one attached hydrogen (secondary N) is 1. The lowest BCUT2D eigenvalue weighted by atomic mass is 10.3. The van der Waals surface area contributed by atoms with Crippen molar-refractivity contribution in [2.75, 3.05) is 13.7 Å². The van der Waals surface area contributed by atoms with Gasteiger partial charge in [-0.2, -0.15) is 0 Å². The summed E-state index contributed by atoms with van der Waals surface area (Å²) in [6.07, 6.45) is 0.872. The largest absolute Gasteiger partial charge is 0.390 e. The summed E-state index contributed by atoms with van der Waals surface area (Å²) in [4.78, 5) is 3.07. The molecule has 2 N–H and O–H groups in total. The number of aliphatic hydroxyl groups is 1. The van der Waals surface area contributed by atoms with Crippen LogP contribution in [0.1, 0.15) is 11.4 Å². The standard InChI is InChI=1S/C8H13NO2/c1-11-5-4-7-2-3-8(6-10)9-7/h2-3,9-10H,4-6H2,1H3. The molecular formula is C8H13NO2. The molecule has 0 spiro atoms. The molecule has 0 saturated carbocycles. The average Bonchev–Trinajstić information content (AvgIpc) is 2.48. The molecule has 11 heavy (non-hydrogen) atoms. The molecule has 0 aliphatic rings. The molecule has 0 aromatic carbocycles. The van der Waals surface area contributed by atoms with E-state index in [2.05, 4.69) is 4.98 Å². The van der Waals surface area contributed by atoms with Gasteiger partial charge in [0.25, 0.3) is 0 Å². The summed E-state index contributed by atoms with van der Waals surface area (Å²) in [5.41, 5.74) is 1.96. The molecule has 0 unspecified atom stereocenters. The third kappa shape index (κ3) is 2.37. The predicted octanol–water partition coefficient (Wildman–Crippen LogP) is 0.696. The van der Waals surface area contributed by atoms with Crippen molar-refractivity contribution in [3.8, 4) is 0 Å². The van der Waals surface area contributed by atoms with Gasteiger partial charge in [-0.3, -0.25) is 0 Å². The van der Waals surface area contributed by atoms with Crippen LogP contribution in [-0.4, -0.2) is 23.8 Å². The van der Waals surface area contributed by atoms with Crippen LogP contribution in [0.15, 0.2) is 12.1 Å². The fourth-order valence-electron chi connectivity index (χ4n) is 0.941. The fourth-order valence-corrected chi connectivity index (χ4v) is 0.941. The van der Waals surface area contributed by atoms with E-state index in [1.807, 2.05) is 12.1 Å². The minimum atomic E-state index is 0.0764. The van der Waals surface area contributed by atoms with Crippen molar-refractivity contribution in [2.45, 2.75) is 13.0 Å². The van der Waals surface area contributed by atoms with Crippen molar-refractivity contribution < 1.29 is 9.84 Å². The zero-order valence-corrected chi connectivity index (χ0v) is 6.63. The van der Waals surface area contributed by atoms with E-state index >= 15 is 0 Å². The summed E-state index contributed by atoms with van der Waals surface area (Å²) >= 11 is 0. The minimum Gasteiger partial charge on any atom is -0.390 e. The zero-order chi connectivity index (χ0) is 8.10. The topological polar surface area (TPSA) is 45.2 Å². The number of hydrogen-bond acceptors (Lipinski definition) is 2. The third-order valence-corrected chi connectivity index (χ3v) is 1.55. The van der Waals surface area contributed by atoms with Crippen molar-refractivity contribution in [3.05, 3.63) is 23.5 Å². The second kappa shape index (κ2) is 4.16. The van der Waals surface area contributed by atoms with Crippen LogP contribution in [0, 0.1) is 0 Å². The maximum absolute atomic E-state index is 8.71. The zero-order valence-electron chi connectivity index (χ0n) is 6.63. The van der Waals surface area contributed by atoms with Crippen LogP contribution in [-0.2, 0) is 17.8 Å². The number of hydrogen-bond donors (Lipinski definition) is 2. The summed E-state index contributed by atoms with van der Waals surface area (Å²) in [6.45, 7) is 0.790. The van der Waals surface area contributed by atoms with Gasteiger partial charge in [-0.05, 0) is 12.1 Å². The Hall–Kier alpha value is -0.800. The molecule has 0 saturated heterocycles. The molecule has 0 amide bonds. The number of methoxy groups -OCH3 is 1. The van der Waals surface area contributed by atoms with Gasteiger partial charge >= 0.3 is 0 Å². The molecule has 1 aromatic rings. The van der Waals surface area contributed by atoms with Crippen LogP contribution in [0.25, 0.3) is 0 Å². The number of rotatable bonds is 4. The van der Waals surface area contributed by atoms with Crippen LogP contribution in [0.4, 0.5) is 0 Å². The molecule has 62 valence electrons. The van der Waals surface area contributed by atoms with Gasteiger partial charge in [0.1, 0.15) is 0 Å². The Kier molecular flexibility index (Phi) is 3.14. The van der Waals surface area contributed by atoms with Gasteiger partial charge in [-0.1, -0.05) is 0 Å². The quantitative estimate of drug-likeness (QED) is 0.672. The minimum absolute atomic E-state index is 0.0764. The summed E-state index contributed by atoms with van der Waals surface area (Å²) in [5, 5.41) is 8.71. The molecule has 3 nitrogen and oxygen atoms in total. The molecule has 0 aliphatic heterocycles. The highest BCUT2D eigenvalue weighted by Crippen LogP contribution is 2.02. The molecule has 0 atom stereocenters. The molecule has 0 aliphatic carbocycles. The summed E-state index contributed by atoms with van der Waals surface area (Å²) in [7, 11) is 1.68. The number of aliphatic hydroxyl groups excluding tert-OH is 1. The van der Waals surface area contributed by atoms with Crippen LogP contribution < -0.4 is 0 Å². The number of H-pyrrole nitrogens is 1.